The van der Waals surface area contributed by atoms with Crippen LogP contribution in [0.1, 0.15) is 5.56 Å². The summed E-state index contributed by atoms with van der Waals surface area (Å²) in [6.45, 7) is -0.240. The summed E-state index contributed by atoms with van der Waals surface area (Å²) in [4.78, 5) is 23.1. The van der Waals surface area contributed by atoms with E-state index in [4.69, 9.17) is 9.47 Å². The SMILES string of the molecule is O=C(COC(=O)COc1ccccc1)NCCc1ccc(F)cc1. The molecule has 0 radical (unpaired) electrons. The molecule has 0 aromatic heterocycles. The molecule has 0 saturated carbocycles. The summed E-state index contributed by atoms with van der Waals surface area (Å²) >= 11 is 0. The smallest absolute Gasteiger partial charge is 0.344 e. The molecule has 5 nitrogen and oxygen atoms in total. The fourth-order valence-corrected chi connectivity index (χ4v) is 1.90. The van der Waals surface area contributed by atoms with Gasteiger partial charge in [0.15, 0.2) is 13.2 Å². The van der Waals surface area contributed by atoms with Crippen molar-refractivity contribution in [3.8, 4) is 5.75 Å². The zero-order valence-electron chi connectivity index (χ0n) is 13.0. The van der Waals surface area contributed by atoms with Crippen molar-refractivity contribution in [1.82, 2.24) is 5.32 Å². The Balaban J connectivity index is 1.58. The maximum Gasteiger partial charge on any atom is 0.344 e. The average molecular weight is 331 g/mol. The maximum absolute atomic E-state index is 12.8. The predicted molar refractivity (Wildman–Crippen MR) is 86.0 cm³/mol. The number of halogens is 1. The lowest BCUT2D eigenvalue weighted by atomic mass is 10.1. The van der Waals surface area contributed by atoms with Gasteiger partial charge in [0.25, 0.3) is 5.91 Å². The van der Waals surface area contributed by atoms with E-state index in [0.717, 1.165) is 5.56 Å². The molecule has 0 atom stereocenters. The molecule has 1 N–H and O–H groups in total. The number of benzene rings is 2. The first-order valence-electron chi connectivity index (χ1n) is 7.48. The Hall–Kier alpha value is -2.89. The Morgan fingerprint density at radius 1 is 0.958 bits per heavy atom. The average Bonchev–Trinajstić information content (AvgIpc) is 2.61. The number of carbonyl (C=O) groups is 2. The first kappa shape index (κ1) is 17.5. The van der Waals surface area contributed by atoms with Gasteiger partial charge in [-0.25, -0.2) is 9.18 Å². The number of para-hydroxylation sites is 1. The topological polar surface area (TPSA) is 64.6 Å². The van der Waals surface area contributed by atoms with Crippen molar-refractivity contribution < 1.29 is 23.5 Å². The number of ether oxygens (including phenoxy) is 2. The Morgan fingerprint density at radius 3 is 2.38 bits per heavy atom. The van der Waals surface area contributed by atoms with Gasteiger partial charge in [-0.3, -0.25) is 4.79 Å². The highest BCUT2D eigenvalue weighted by Gasteiger charge is 2.08. The zero-order chi connectivity index (χ0) is 17.2. The van der Waals surface area contributed by atoms with Gasteiger partial charge in [-0.1, -0.05) is 30.3 Å². The summed E-state index contributed by atoms with van der Waals surface area (Å²) in [5.41, 5.74) is 0.907. The molecule has 0 aliphatic carbocycles. The first-order chi connectivity index (χ1) is 11.6. The molecule has 2 aromatic rings. The number of carbonyl (C=O) groups excluding carboxylic acids is 2. The van der Waals surface area contributed by atoms with E-state index in [0.29, 0.717) is 18.7 Å². The van der Waals surface area contributed by atoms with E-state index in [1.165, 1.54) is 12.1 Å². The molecule has 0 unspecified atom stereocenters. The number of rotatable bonds is 8. The molecule has 0 aliphatic rings. The van der Waals surface area contributed by atoms with E-state index >= 15 is 0 Å². The number of esters is 1. The molecular formula is C18H18FNO4. The Labute approximate surface area is 139 Å². The summed E-state index contributed by atoms with van der Waals surface area (Å²) in [7, 11) is 0. The van der Waals surface area contributed by atoms with Crippen LogP contribution in [-0.2, 0) is 20.7 Å². The second-order valence-corrected chi connectivity index (χ2v) is 4.99. The number of hydrogen-bond donors (Lipinski definition) is 1. The van der Waals surface area contributed by atoms with Crippen LogP contribution in [0.25, 0.3) is 0 Å². The van der Waals surface area contributed by atoms with Crippen molar-refractivity contribution in [1.29, 1.82) is 0 Å². The largest absolute Gasteiger partial charge is 0.482 e. The maximum atomic E-state index is 12.8. The lowest BCUT2D eigenvalue weighted by molar-refractivity contribution is -0.150. The molecule has 126 valence electrons. The molecule has 0 spiro atoms. The molecule has 2 rings (SSSR count). The van der Waals surface area contributed by atoms with Crippen molar-refractivity contribution in [2.45, 2.75) is 6.42 Å². The highest BCUT2D eigenvalue weighted by molar-refractivity contribution is 5.80. The molecule has 0 saturated heterocycles. The molecule has 0 fully saturated rings. The molecule has 24 heavy (non-hydrogen) atoms. The highest BCUT2D eigenvalue weighted by atomic mass is 19.1. The van der Waals surface area contributed by atoms with Gasteiger partial charge in [0.2, 0.25) is 0 Å². The van der Waals surface area contributed by atoms with Crippen LogP contribution >= 0.6 is 0 Å². The summed E-state index contributed by atoms with van der Waals surface area (Å²) in [5.74, 6) is -0.761. The molecule has 6 heteroatoms. The number of hydrogen-bond acceptors (Lipinski definition) is 4. The van der Waals surface area contributed by atoms with Gasteiger partial charge in [0.1, 0.15) is 11.6 Å². The zero-order valence-corrected chi connectivity index (χ0v) is 13.0. The van der Waals surface area contributed by atoms with E-state index in [1.54, 1.807) is 36.4 Å². The number of nitrogens with one attached hydrogen (secondary N) is 1. The monoisotopic (exact) mass is 331 g/mol. The van der Waals surface area contributed by atoms with Crippen LogP contribution in [0.15, 0.2) is 54.6 Å². The van der Waals surface area contributed by atoms with Crippen molar-refractivity contribution >= 4 is 11.9 Å². The third kappa shape index (κ3) is 6.48. The fourth-order valence-electron chi connectivity index (χ4n) is 1.90. The van der Waals surface area contributed by atoms with Crippen LogP contribution in [0, 0.1) is 5.82 Å². The molecule has 0 aliphatic heterocycles. The van der Waals surface area contributed by atoms with Crippen LogP contribution in [0.4, 0.5) is 4.39 Å². The van der Waals surface area contributed by atoms with E-state index in [2.05, 4.69) is 5.32 Å². The number of amides is 1. The summed E-state index contributed by atoms with van der Waals surface area (Å²) in [5, 5.41) is 2.62. The second kappa shape index (κ2) is 9.29. The van der Waals surface area contributed by atoms with Gasteiger partial charge in [0.05, 0.1) is 0 Å². The van der Waals surface area contributed by atoms with Crippen molar-refractivity contribution in [2.24, 2.45) is 0 Å². The van der Waals surface area contributed by atoms with Crippen molar-refractivity contribution in [3.63, 3.8) is 0 Å². The first-order valence-corrected chi connectivity index (χ1v) is 7.48. The van der Waals surface area contributed by atoms with Crippen molar-refractivity contribution in [2.75, 3.05) is 19.8 Å². The Kier molecular flexibility index (Phi) is 6.76. The lowest BCUT2D eigenvalue weighted by Gasteiger charge is -2.08. The van der Waals surface area contributed by atoms with Gasteiger partial charge in [-0.2, -0.15) is 0 Å². The van der Waals surface area contributed by atoms with Crippen LogP contribution in [0.5, 0.6) is 5.75 Å². The summed E-state index contributed by atoms with van der Waals surface area (Å²) < 4.78 is 22.8. The normalized spacial score (nSPS) is 10.0. The molecular weight excluding hydrogens is 313 g/mol. The van der Waals surface area contributed by atoms with E-state index in [9.17, 15) is 14.0 Å². The minimum atomic E-state index is -0.618. The van der Waals surface area contributed by atoms with E-state index < -0.39 is 11.9 Å². The van der Waals surface area contributed by atoms with Gasteiger partial charge in [-0.05, 0) is 36.2 Å². The standard InChI is InChI=1S/C18H18FNO4/c19-15-8-6-14(7-9-15)10-11-20-17(21)12-24-18(22)13-23-16-4-2-1-3-5-16/h1-9H,10-13H2,(H,20,21). The quantitative estimate of drug-likeness (QED) is 0.753. The minimum Gasteiger partial charge on any atom is -0.482 e. The van der Waals surface area contributed by atoms with Gasteiger partial charge < -0.3 is 14.8 Å². The van der Waals surface area contributed by atoms with E-state index in [-0.39, 0.29) is 19.0 Å². The van der Waals surface area contributed by atoms with Gasteiger partial charge >= 0.3 is 5.97 Å². The molecule has 1 amide bonds. The van der Waals surface area contributed by atoms with E-state index in [1.807, 2.05) is 6.07 Å². The third-order valence-corrected chi connectivity index (χ3v) is 3.11. The van der Waals surface area contributed by atoms with Crippen molar-refractivity contribution in [3.05, 3.63) is 66.0 Å². The molecule has 2 aromatic carbocycles. The summed E-state index contributed by atoms with van der Waals surface area (Å²) in [6.07, 6.45) is 0.567. The molecule has 0 bridgehead atoms. The second-order valence-electron chi connectivity index (χ2n) is 4.99. The van der Waals surface area contributed by atoms with Gasteiger partial charge in [0, 0.05) is 6.54 Å². The Bertz CT molecular complexity index is 658. The van der Waals surface area contributed by atoms with Crippen LogP contribution < -0.4 is 10.1 Å². The van der Waals surface area contributed by atoms with Crippen LogP contribution in [-0.4, -0.2) is 31.6 Å². The molecule has 0 heterocycles. The lowest BCUT2D eigenvalue weighted by Crippen LogP contribution is -2.31. The fraction of sp³-hybridized carbons (Fsp3) is 0.222. The summed E-state index contributed by atoms with van der Waals surface area (Å²) in [6, 6.07) is 14.9. The third-order valence-electron chi connectivity index (χ3n) is 3.11. The highest BCUT2D eigenvalue weighted by Crippen LogP contribution is 2.07. The van der Waals surface area contributed by atoms with Crippen LogP contribution in [0.3, 0.4) is 0 Å². The minimum absolute atomic E-state index is 0.257. The van der Waals surface area contributed by atoms with Crippen LogP contribution in [0.2, 0.25) is 0 Å². The predicted octanol–water partition coefficient (Wildman–Crippen LogP) is 2.11. The Morgan fingerprint density at radius 2 is 1.67 bits per heavy atom. The van der Waals surface area contributed by atoms with Gasteiger partial charge in [-0.15, -0.1) is 0 Å².